The van der Waals surface area contributed by atoms with Gasteiger partial charge in [-0.15, -0.1) is 0 Å². The van der Waals surface area contributed by atoms with Gasteiger partial charge < -0.3 is 14.3 Å². The first-order valence-electron chi connectivity index (χ1n) is 5.70. The van der Waals surface area contributed by atoms with Crippen molar-refractivity contribution in [1.82, 2.24) is 4.98 Å². The van der Waals surface area contributed by atoms with Gasteiger partial charge in [0, 0.05) is 5.75 Å². The topological polar surface area (TPSA) is 72.6 Å². The molecular weight excluding hydrogens is 266 g/mol. The van der Waals surface area contributed by atoms with Gasteiger partial charge in [0.2, 0.25) is 0 Å². The van der Waals surface area contributed by atoms with Crippen molar-refractivity contribution in [3.8, 4) is 5.75 Å². The maximum absolute atomic E-state index is 10.5. The largest absolute Gasteiger partial charge is 0.493 e. The van der Waals surface area contributed by atoms with Gasteiger partial charge in [0.25, 0.3) is 5.22 Å². The number of rotatable bonds is 7. The number of thioether (sulfide) groups is 1. The summed E-state index contributed by atoms with van der Waals surface area (Å²) in [6, 6.07) is 7.05. The van der Waals surface area contributed by atoms with E-state index < -0.39 is 5.97 Å². The van der Waals surface area contributed by atoms with Gasteiger partial charge in [0.05, 0.1) is 19.2 Å². The van der Waals surface area contributed by atoms with Crippen molar-refractivity contribution in [3.63, 3.8) is 0 Å². The van der Waals surface area contributed by atoms with E-state index in [-0.39, 0.29) is 6.42 Å². The average Bonchev–Trinajstić information content (AvgIpc) is 2.89. The Morgan fingerprint density at radius 2 is 2.16 bits per heavy atom. The van der Waals surface area contributed by atoms with Crippen molar-refractivity contribution < 1.29 is 19.1 Å². The number of carboxylic acids is 1. The lowest BCUT2D eigenvalue weighted by molar-refractivity contribution is -0.136. The molecule has 0 radical (unpaired) electrons. The van der Waals surface area contributed by atoms with Gasteiger partial charge in [0.1, 0.15) is 12.0 Å². The molecule has 1 heterocycles. The molecule has 0 atom stereocenters. The molecule has 0 saturated carbocycles. The van der Waals surface area contributed by atoms with Crippen LogP contribution in [0.2, 0.25) is 0 Å². The molecule has 0 aliphatic rings. The number of carbonyl (C=O) groups is 1. The van der Waals surface area contributed by atoms with Crippen LogP contribution in [0.15, 0.2) is 46.4 Å². The van der Waals surface area contributed by atoms with Crippen LogP contribution < -0.4 is 4.74 Å². The molecule has 2 aromatic rings. The van der Waals surface area contributed by atoms with Crippen molar-refractivity contribution >= 4 is 17.7 Å². The average molecular weight is 279 g/mol. The number of carboxylic acid groups (broad SMARTS) is 1. The van der Waals surface area contributed by atoms with Gasteiger partial charge in [-0.05, 0) is 17.7 Å². The Balaban J connectivity index is 1.72. The summed E-state index contributed by atoms with van der Waals surface area (Å²) in [5, 5.41) is 9.28. The first kappa shape index (κ1) is 13.5. The Hall–Kier alpha value is -1.95. The molecule has 0 unspecified atom stereocenters. The fraction of sp³-hybridized carbons (Fsp3) is 0.231. The van der Waals surface area contributed by atoms with Crippen LogP contribution in [0.3, 0.4) is 0 Å². The number of ether oxygens (including phenoxy) is 1. The summed E-state index contributed by atoms with van der Waals surface area (Å²) in [6.45, 7) is 0.533. The predicted molar refractivity (Wildman–Crippen MR) is 70.5 cm³/mol. The van der Waals surface area contributed by atoms with E-state index in [1.165, 1.54) is 18.0 Å². The lowest BCUT2D eigenvalue weighted by Gasteiger charge is -2.05. The molecule has 100 valence electrons. The van der Waals surface area contributed by atoms with Crippen LogP contribution >= 0.6 is 11.8 Å². The molecular formula is C13H13NO4S. The molecule has 0 fully saturated rings. The van der Waals surface area contributed by atoms with Crippen LogP contribution in [-0.2, 0) is 11.2 Å². The molecule has 0 spiro atoms. The minimum Gasteiger partial charge on any atom is -0.493 e. The Morgan fingerprint density at radius 3 is 2.79 bits per heavy atom. The highest BCUT2D eigenvalue weighted by Crippen LogP contribution is 2.16. The zero-order chi connectivity index (χ0) is 13.5. The SMILES string of the molecule is O=C(O)Cc1ccc(OCCSc2ncco2)cc1. The maximum atomic E-state index is 10.5. The van der Waals surface area contributed by atoms with E-state index in [9.17, 15) is 4.79 Å². The van der Waals surface area contributed by atoms with E-state index in [4.69, 9.17) is 14.3 Å². The second kappa shape index (κ2) is 6.84. The maximum Gasteiger partial charge on any atom is 0.307 e. The Bertz CT molecular complexity index is 510. The smallest absolute Gasteiger partial charge is 0.307 e. The van der Waals surface area contributed by atoms with Crippen LogP contribution in [0.4, 0.5) is 0 Å². The summed E-state index contributed by atoms with van der Waals surface area (Å²) in [5.74, 6) is 0.621. The first-order valence-corrected chi connectivity index (χ1v) is 6.68. The highest BCUT2D eigenvalue weighted by Gasteiger charge is 2.01. The minimum atomic E-state index is -0.837. The molecule has 19 heavy (non-hydrogen) atoms. The number of oxazole rings is 1. The van der Waals surface area contributed by atoms with Crippen molar-refractivity contribution in [2.45, 2.75) is 11.6 Å². The third kappa shape index (κ3) is 4.67. The number of benzene rings is 1. The van der Waals surface area contributed by atoms with Crippen molar-refractivity contribution in [3.05, 3.63) is 42.3 Å². The second-order valence-electron chi connectivity index (χ2n) is 3.71. The zero-order valence-corrected chi connectivity index (χ0v) is 10.9. The quantitative estimate of drug-likeness (QED) is 0.620. The van der Waals surface area contributed by atoms with Gasteiger partial charge in [-0.3, -0.25) is 4.79 Å². The lowest BCUT2D eigenvalue weighted by Crippen LogP contribution is -2.02. The number of nitrogens with zero attached hydrogens (tertiary/aromatic N) is 1. The molecule has 1 aromatic carbocycles. The minimum absolute atomic E-state index is 0.0281. The summed E-state index contributed by atoms with van der Waals surface area (Å²) in [6.07, 6.45) is 3.16. The van der Waals surface area contributed by atoms with Gasteiger partial charge in [-0.1, -0.05) is 23.9 Å². The third-order valence-electron chi connectivity index (χ3n) is 2.27. The van der Waals surface area contributed by atoms with E-state index >= 15 is 0 Å². The molecule has 0 amide bonds. The molecule has 6 heteroatoms. The van der Waals surface area contributed by atoms with E-state index in [0.29, 0.717) is 11.8 Å². The van der Waals surface area contributed by atoms with Crippen molar-refractivity contribution in [2.24, 2.45) is 0 Å². The van der Waals surface area contributed by atoms with Crippen molar-refractivity contribution in [2.75, 3.05) is 12.4 Å². The Morgan fingerprint density at radius 1 is 1.37 bits per heavy atom. The van der Waals surface area contributed by atoms with Crippen LogP contribution in [0.1, 0.15) is 5.56 Å². The standard InChI is InChI=1S/C13H13NO4S/c15-12(16)9-10-1-3-11(4-2-10)17-7-8-19-13-14-5-6-18-13/h1-6H,7-9H2,(H,15,16). The predicted octanol–water partition coefficient (Wildman–Crippen LogP) is 2.47. The van der Waals surface area contributed by atoms with Crippen LogP contribution in [0.5, 0.6) is 5.75 Å². The monoisotopic (exact) mass is 279 g/mol. The van der Waals surface area contributed by atoms with Crippen LogP contribution in [0, 0.1) is 0 Å². The van der Waals surface area contributed by atoms with E-state index in [2.05, 4.69) is 4.98 Å². The zero-order valence-electron chi connectivity index (χ0n) is 10.1. The summed E-state index contributed by atoms with van der Waals surface area (Å²) < 4.78 is 10.6. The summed E-state index contributed by atoms with van der Waals surface area (Å²) in [4.78, 5) is 14.5. The Kier molecular flexibility index (Phi) is 4.85. The van der Waals surface area contributed by atoms with Crippen LogP contribution in [-0.4, -0.2) is 28.4 Å². The molecule has 0 aliphatic heterocycles. The Labute approximate surface area is 114 Å². The van der Waals surface area contributed by atoms with Gasteiger partial charge in [-0.2, -0.15) is 0 Å². The number of hydrogen-bond donors (Lipinski definition) is 1. The van der Waals surface area contributed by atoms with Gasteiger partial charge in [-0.25, -0.2) is 4.98 Å². The third-order valence-corrected chi connectivity index (χ3v) is 3.09. The highest BCUT2D eigenvalue weighted by molar-refractivity contribution is 7.99. The molecule has 1 aromatic heterocycles. The highest BCUT2D eigenvalue weighted by atomic mass is 32.2. The van der Waals surface area contributed by atoms with Crippen LogP contribution in [0.25, 0.3) is 0 Å². The molecule has 5 nitrogen and oxygen atoms in total. The molecule has 1 N–H and O–H groups in total. The summed E-state index contributed by atoms with van der Waals surface area (Å²) >= 11 is 1.48. The van der Waals surface area contributed by atoms with Gasteiger partial charge >= 0.3 is 5.97 Å². The number of aliphatic carboxylic acids is 1. The van der Waals surface area contributed by atoms with E-state index in [0.717, 1.165) is 17.1 Å². The number of aromatic nitrogens is 1. The normalized spacial score (nSPS) is 10.3. The summed E-state index contributed by atoms with van der Waals surface area (Å²) in [5.41, 5.74) is 0.758. The second-order valence-corrected chi connectivity index (χ2v) is 4.76. The lowest BCUT2D eigenvalue weighted by atomic mass is 10.1. The fourth-order valence-electron chi connectivity index (χ4n) is 1.45. The van der Waals surface area contributed by atoms with E-state index in [1.54, 1.807) is 30.5 Å². The molecule has 0 bridgehead atoms. The first-order chi connectivity index (χ1) is 9.24. The summed E-state index contributed by atoms with van der Waals surface area (Å²) in [7, 11) is 0. The van der Waals surface area contributed by atoms with E-state index in [1.807, 2.05) is 0 Å². The number of hydrogen-bond acceptors (Lipinski definition) is 5. The van der Waals surface area contributed by atoms with Crippen molar-refractivity contribution in [1.29, 1.82) is 0 Å². The van der Waals surface area contributed by atoms with Gasteiger partial charge in [0.15, 0.2) is 0 Å². The molecule has 2 rings (SSSR count). The molecule has 0 aliphatic carbocycles. The molecule has 0 saturated heterocycles. The fourth-order valence-corrected chi connectivity index (χ4v) is 2.05.